The largest absolute Gasteiger partial charge is 0.371 e. The summed E-state index contributed by atoms with van der Waals surface area (Å²) in [6, 6.07) is 9.53. The Morgan fingerprint density at radius 3 is 2.33 bits per heavy atom. The standard InChI is InChI=1S/C13H11Cl3N2O2S/c14-10(12(15)16)11(18(19)20)13(17-8-6-7-8)21-9-4-2-1-3-5-9/h1-5,8,17H,6-7H2/b13-11-. The lowest BCUT2D eigenvalue weighted by molar-refractivity contribution is -0.420. The predicted octanol–water partition coefficient (Wildman–Crippen LogP) is 4.86. The molecule has 0 aliphatic heterocycles. The van der Waals surface area contributed by atoms with Crippen LogP contribution in [-0.4, -0.2) is 11.0 Å². The van der Waals surface area contributed by atoms with Crippen LogP contribution in [0.1, 0.15) is 12.8 Å². The molecule has 1 aliphatic carbocycles. The fourth-order valence-corrected chi connectivity index (χ4v) is 2.94. The molecule has 0 spiro atoms. The van der Waals surface area contributed by atoms with E-state index < -0.39 is 4.92 Å². The van der Waals surface area contributed by atoms with E-state index in [2.05, 4.69) is 5.32 Å². The van der Waals surface area contributed by atoms with Crippen LogP contribution in [-0.2, 0) is 0 Å². The highest BCUT2D eigenvalue weighted by atomic mass is 35.5. The van der Waals surface area contributed by atoms with Gasteiger partial charge in [-0.2, -0.15) is 0 Å². The van der Waals surface area contributed by atoms with Crippen molar-refractivity contribution >= 4 is 46.6 Å². The minimum Gasteiger partial charge on any atom is -0.371 e. The quantitative estimate of drug-likeness (QED) is 0.338. The van der Waals surface area contributed by atoms with Gasteiger partial charge >= 0.3 is 5.70 Å². The van der Waals surface area contributed by atoms with E-state index >= 15 is 0 Å². The topological polar surface area (TPSA) is 55.2 Å². The average molecular weight is 366 g/mol. The summed E-state index contributed by atoms with van der Waals surface area (Å²) in [5, 5.41) is 14.5. The Balaban J connectivity index is 2.41. The van der Waals surface area contributed by atoms with Gasteiger partial charge < -0.3 is 5.32 Å². The molecule has 4 nitrogen and oxygen atoms in total. The first-order chi connectivity index (χ1) is 9.99. The van der Waals surface area contributed by atoms with Crippen LogP contribution >= 0.6 is 46.6 Å². The van der Waals surface area contributed by atoms with Crippen molar-refractivity contribution in [2.24, 2.45) is 0 Å². The van der Waals surface area contributed by atoms with E-state index in [-0.39, 0.29) is 21.3 Å². The van der Waals surface area contributed by atoms with Gasteiger partial charge in [-0.3, -0.25) is 10.1 Å². The molecule has 0 heterocycles. The molecular formula is C13H11Cl3N2O2S. The zero-order valence-electron chi connectivity index (χ0n) is 10.7. The molecule has 0 atom stereocenters. The van der Waals surface area contributed by atoms with Gasteiger partial charge in [-0.25, -0.2) is 0 Å². The van der Waals surface area contributed by atoms with E-state index in [4.69, 9.17) is 34.8 Å². The van der Waals surface area contributed by atoms with Crippen LogP contribution in [0.25, 0.3) is 0 Å². The van der Waals surface area contributed by atoms with E-state index in [1.54, 1.807) is 0 Å². The number of nitrogens with zero attached hydrogens (tertiary/aromatic N) is 1. The maximum atomic E-state index is 11.3. The first kappa shape index (κ1) is 16.5. The molecule has 8 heteroatoms. The molecule has 21 heavy (non-hydrogen) atoms. The fourth-order valence-electron chi connectivity index (χ4n) is 1.52. The summed E-state index contributed by atoms with van der Waals surface area (Å²) >= 11 is 18.3. The second-order valence-electron chi connectivity index (χ2n) is 4.34. The Bertz CT molecular complexity index is 597. The number of nitro groups is 1. The van der Waals surface area contributed by atoms with E-state index in [0.717, 1.165) is 17.7 Å². The van der Waals surface area contributed by atoms with E-state index in [1.165, 1.54) is 11.8 Å². The minimum atomic E-state index is -0.576. The number of hydrogen-bond donors (Lipinski definition) is 1. The van der Waals surface area contributed by atoms with Gasteiger partial charge in [0.1, 0.15) is 4.49 Å². The normalized spacial score (nSPS) is 15.2. The van der Waals surface area contributed by atoms with E-state index in [9.17, 15) is 10.1 Å². The summed E-state index contributed by atoms with van der Waals surface area (Å²) in [6.45, 7) is 0. The van der Waals surface area contributed by atoms with Gasteiger partial charge in [-0.1, -0.05) is 64.8 Å². The maximum absolute atomic E-state index is 11.3. The lowest BCUT2D eigenvalue weighted by atomic mass is 10.4. The number of nitrogens with one attached hydrogen (secondary N) is 1. The SMILES string of the molecule is O=[N+]([O-])/C(C(Cl)=C(Cl)Cl)=C(/NC1CC1)Sc1ccccc1. The van der Waals surface area contributed by atoms with Crippen molar-refractivity contribution in [3.8, 4) is 0 Å². The number of hydrogen-bond acceptors (Lipinski definition) is 4. The zero-order chi connectivity index (χ0) is 15.4. The molecule has 0 amide bonds. The van der Waals surface area contributed by atoms with Crippen molar-refractivity contribution in [3.63, 3.8) is 0 Å². The summed E-state index contributed by atoms with van der Waals surface area (Å²) < 4.78 is -0.327. The molecule has 1 saturated carbocycles. The predicted molar refractivity (Wildman–Crippen MR) is 87.1 cm³/mol. The molecule has 2 rings (SSSR count). The van der Waals surface area contributed by atoms with Gasteiger partial charge in [0.15, 0.2) is 10.1 Å². The molecule has 0 unspecified atom stereocenters. The molecule has 0 bridgehead atoms. The monoisotopic (exact) mass is 364 g/mol. The van der Waals surface area contributed by atoms with Crippen LogP contribution in [0.3, 0.4) is 0 Å². The summed E-state index contributed by atoms with van der Waals surface area (Å²) in [5.41, 5.74) is -0.308. The highest BCUT2D eigenvalue weighted by Crippen LogP contribution is 2.36. The molecule has 1 N–H and O–H groups in total. The smallest absolute Gasteiger partial charge is 0.320 e. The van der Waals surface area contributed by atoms with Gasteiger partial charge in [0.05, 0.1) is 4.92 Å². The third kappa shape index (κ3) is 4.81. The van der Waals surface area contributed by atoms with Crippen molar-refractivity contribution in [3.05, 3.63) is 60.7 Å². The van der Waals surface area contributed by atoms with Gasteiger partial charge in [-0.05, 0) is 25.0 Å². The molecule has 112 valence electrons. The van der Waals surface area contributed by atoms with Gasteiger partial charge in [0.2, 0.25) is 0 Å². The van der Waals surface area contributed by atoms with Crippen molar-refractivity contribution in [1.82, 2.24) is 5.32 Å². The van der Waals surface area contributed by atoms with E-state index in [1.807, 2.05) is 30.3 Å². The third-order valence-corrected chi connectivity index (χ3v) is 4.61. The molecule has 1 aliphatic rings. The van der Waals surface area contributed by atoms with Crippen LogP contribution in [0.5, 0.6) is 0 Å². The first-order valence-corrected chi connectivity index (χ1v) is 8.03. The molecule has 1 fully saturated rings. The molecule has 0 saturated heterocycles. The number of rotatable bonds is 6. The highest BCUT2D eigenvalue weighted by Gasteiger charge is 2.30. The number of allylic oxidation sites excluding steroid dienone is 1. The van der Waals surface area contributed by atoms with Crippen molar-refractivity contribution in [2.45, 2.75) is 23.8 Å². The number of benzene rings is 1. The van der Waals surface area contributed by atoms with E-state index in [0.29, 0.717) is 5.03 Å². The lowest BCUT2D eigenvalue weighted by Gasteiger charge is -2.10. The molecule has 0 aromatic heterocycles. The lowest BCUT2D eigenvalue weighted by Crippen LogP contribution is -2.18. The molecule has 1 aromatic carbocycles. The van der Waals surface area contributed by atoms with Crippen LogP contribution in [0.4, 0.5) is 0 Å². The van der Waals surface area contributed by atoms with Crippen LogP contribution in [0.15, 0.2) is 55.5 Å². The fraction of sp³-hybridized carbons (Fsp3) is 0.231. The average Bonchev–Trinajstić information content (AvgIpc) is 3.23. The Labute approximate surface area is 141 Å². The highest BCUT2D eigenvalue weighted by molar-refractivity contribution is 8.03. The molecular weight excluding hydrogens is 355 g/mol. The summed E-state index contributed by atoms with van der Waals surface area (Å²) in [7, 11) is 0. The minimum absolute atomic E-state index is 0.227. The van der Waals surface area contributed by atoms with Gasteiger partial charge in [-0.15, -0.1) is 0 Å². The second kappa shape index (κ2) is 7.40. The van der Waals surface area contributed by atoms with Gasteiger partial charge in [0, 0.05) is 10.9 Å². The van der Waals surface area contributed by atoms with Crippen molar-refractivity contribution < 1.29 is 4.92 Å². The van der Waals surface area contributed by atoms with Crippen LogP contribution in [0, 0.1) is 10.1 Å². The Kier molecular flexibility index (Phi) is 5.81. The van der Waals surface area contributed by atoms with Crippen LogP contribution < -0.4 is 5.32 Å². The molecule has 1 aromatic rings. The number of halogens is 3. The van der Waals surface area contributed by atoms with Crippen molar-refractivity contribution in [2.75, 3.05) is 0 Å². The summed E-state index contributed by atoms with van der Waals surface area (Å²) in [4.78, 5) is 11.6. The summed E-state index contributed by atoms with van der Waals surface area (Å²) in [6.07, 6.45) is 1.94. The first-order valence-electron chi connectivity index (χ1n) is 6.08. The second-order valence-corrected chi connectivity index (χ2v) is 6.75. The van der Waals surface area contributed by atoms with Crippen molar-refractivity contribution in [1.29, 1.82) is 0 Å². The summed E-state index contributed by atoms with van der Waals surface area (Å²) in [5.74, 6) is 0. The number of thioether (sulfide) groups is 1. The maximum Gasteiger partial charge on any atom is 0.320 e. The van der Waals surface area contributed by atoms with Gasteiger partial charge in [0.25, 0.3) is 0 Å². The third-order valence-electron chi connectivity index (χ3n) is 2.65. The molecule has 0 radical (unpaired) electrons. The Morgan fingerprint density at radius 1 is 1.24 bits per heavy atom. The Hall–Kier alpha value is -0.880. The van der Waals surface area contributed by atoms with Crippen LogP contribution in [0.2, 0.25) is 0 Å². The Morgan fingerprint density at radius 2 is 1.86 bits per heavy atom. The zero-order valence-corrected chi connectivity index (χ0v) is 13.8.